The van der Waals surface area contributed by atoms with E-state index in [1.54, 1.807) is 7.05 Å². The van der Waals surface area contributed by atoms with E-state index in [2.05, 4.69) is 36.4 Å². The van der Waals surface area contributed by atoms with Gasteiger partial charge in [0.2, 0.25) is 0 Å². The van der Waals surface area contributed by atoms with E-state index < -0.39 is 9.84 Å². The van der Waals surface area contributed by atoms with Crippen LogP contribution >= 0.6 is 24.0 Å². The van der Waals surface area contributed by atoms with Gasteiger partial charge >= 0.3 is 0 Å². The Morgan fingerprint density at radius 3 is 2.25 bits per heavy atom. The zero-order valence-corrected chi connectivity index (χ0v) is 16.4. The first-order valence-electron chi connectivity index (χ1n) is 6.89. The quantitative estimate of drug-likeness (QED) is 0.273. The van der Waals surface area contributed by atoms with Crippen molar-refractivity contribution in [1.29, 1.82) is 0 Å². The predicted octanol–water partition coefficient (Wildman–Crippen LogP) is 2.03. The van der Waals surface area contributed by atoms with Gasteiger partial charge in [-0.1, -0.05) is 13.8 Å². The number of rotatable bonds is 8. The summed E-state index contributed by atoms with van der Waals surface area (Å²) in [5.74, 6) is 1.65. The number of nitrogens with one attached hydrogen (secondary N) is 2. The predicted molar refractivity (Wildman–Crippen MR) is 97.8 cm³/mol. The van der Waals surface area contributed by atoms with Crippen LogP contribution in [0.3, 0.4) is 0 Å². The molecule has 0 rings (SSSR count). The molecule has 0 aliphatic heterocycles. The Bertz CT molecular complexity index is 370. The number of nitrogens with zero attached hydrogens (tertiary/aromatic N) is 1. The molecule has 0 saturated carbocycles. The third-order valence-corrected chi connectivity index (χ3v) is 3.80. The number of hydrogen-bond acceptors (Lipinski definition) is 3. The van der Waals surface area contributed by atoms with Crippen LogP contribution in [0.25, 0.3) is 0 Å². The molecule has 0 heterocycles. The second kappa shape index (κ2) is 11.6. The van der Waals surface area contributed by atoms with Gasteiger partial charge in [0.05, 0.1) is 5.75 Å². The van der Waals surface area contributed by atoms with Gasteiger partial charge in [0.25, 0.3) is 0 Å². The number of halogens is 1. The number of guanidine groups is 1. The highest BCUT2D eigenvalue weighted by molar-refractivity contribution is 14.0. The first kappa shape index (κ1) is 22.2. The summed E-state index contributed by atoms with van der Waals surface area (Å²) in [6.07, 6.45) is 4.13. The fourth-order valence-corrected chi connectivity index (χ4v) is 2.29. The first-order chi connectivity index (χ1) is 8.74. The highest BCUT2D eigenvalue weighted by atomic mass is 127. The largest absolute Gasteiger partial charge is 0.356 e. The van der Waals surface area contributed by atoms with Gasteiger partial charge in [-0.25, -0.2) is 8.42 Å². The molecule has 0 bridgehead atoms. The topological polar surface area (TPSA) is 70.6 Å². The van der Waals surface area contributed by atoms with Crippen molar-refractivity contribution in [3.8, 4) is 0 Å². The van der Waals surface area contributed by atoms with E-state index in [0.29, 0.717) is 24.9 Å². The fraction of sp³-hybridized carbons (Fsp3) is 0.923. The third kappa shape index (κ3) is 14.4. The summed E-state index contributed by atoms with van der Waals surface area (Å²) >= 11 is 0. The van der Waals surface area contributed by atoms with Gasteiger partial charge in [-0.15, -0.1) is 24.0 Å². The van der Waals surface area contributed by atoms with E-state index in [-0.39, 0.29) is 29.7 Å². The fourth-order valence-electron chi connectivity index (χ4n) is 1.62. The van der Waals surface area contributed by atoms with Crippen molar-refractivity contribution < 1.29 is 8.42 Å². The maximum Gasteiger partial charge on any atom is 0.191 e. The van der Waals surface area contributed by atoms with Crippen LogP contribution in [-0.2, 0) is 9.84 Å². The van der Waals surface area contributed by atoms with Crippen LogP contribution < -0.4 is 10.6 Å². The Hall–Kier alpha value is -0.0500. The van der Waals surface area contributed by atoms with Crippen molar-refractivity contribution in [3.63, 3.8) is 0 Å². The smallest absolute Gasteiger partial charge is 0.191 e. The van der Waals surface area contributed by atoms with Gasteiger partial charge in [0.1, 0.15) is 9.84 Å². The summed E-state index contributed by atoms with van der Waals surface area (Å²) in [6.45, 7) is 7.17. The maximum absolute atomic E-state index is 11.0. The molecule has 0 spiro atoms. The molecular formula is C13H30IN3O2S. The zero-order chi connectivity index (χ0) is 14.9. The molecule has 0 aliphatic rings. The molecule has 5 nitrogen and oxygen atoms in total. The Kier molecular flexibility index (Phi) is 12.9. The minimum atomic E-state index is -2.87. The molecule has 0 aromatic heterocycles. The second-order valence-corrected chi connectivity index (χ2v) is 7.76. The summed E-state index contributed by atoms with van der Waals surface area (Å²) < 4.78 is 22.0. The number of aliphatic imine (C=N–C) groups is 1. The third-order valence-electron chi connectivity index (χ3n) is 2.77. The molecular weight excluding hydrogens is 389 g/mol. The van der Waals surface area contributed by atoms with Crippen molar-refractivity contribution in [1.82, 2.24) is 10.6 Å². The molecule has 0 aliphatic carbocycles. The zero-order valence-electron chi connectivity index (χ0n) is 13.3. The lowest BCUT2D eigenvalue weighted by atomic mass is 10.0. The van der Waals surface area contributed by atoms with Crippen molar-refractivity contribution in [2.24, 2.45) is 10.9 Å². The van der Waals surface area contributed by atoms with Gasteiger partial charge < -0.3 is 10.6 Å². The minimum Gasteiger partial charge on any atom is -0.356 e. The van der Waals surface area contributed by atoms with Gasteiger partial charge in [-0.2, -0.15) is 0 Å². The van der Waals surface area contributed by atoms with Crippen LogP contribution in [0, 0.1) is 5.92 Å². The van der Waals surface area contributed by atoms with Crippen molar-refractivity contribution in [2.75, 3.05) is 25.6 Å². The highest BCUT2D eigenvalue weighted by Crippen LogP contribution is 2.06. The Morgan fingerprint density at radius 1 is 1.20 bits per heavy atom. The Labute approximate surface area is 141 Å². The minimum absolute atomic E-state index is 0. The normalized spacial score (nSPS) is 13.8. The summed E-state index contributed by atoms with van der Waals surface area (Å²) in [5.41, 5.74) is 0. The lowest BCUT2D eigenvalue weighted by molar-refractivity contribution is 0.489. The molecule has 0 aromatic carbocycles. The van der Waals surface area contributed by atoms with Crippen molar-refractivity contribution in [3.05, 3.63) is 0 Å². The van der Waals surface area contributed by atoms with E-state index >= 15 is 0 Å². The van der Waals surface area contributed by atoms with Crippen LogP contribution in [0.15, 0.2) is 4.99 Å². The lowest BCUT2D eigenvalue weighted by Gasteiger charge is -2.18. The van der Waals surface area contributed by atoms with Gasteiger partial charge in [-0.05, 0) is 32.1 Å². The van der Waals surface area contributed by atoms with E-state index in [1.807, 2.05) is 0 Å². The number of hydrogen-bond donors (Lipinski definition) is 2. The summed E-state index contributed by atoms with van der Waals surface area (Å²) in [4.78, 5) is 4.13. The lowest BCUT2D eigenvalue weighted by Crippen LogP contribution is -2.42. The second-order valence-electron chi connectivity index (χ2n) is 5.50. The van der Waals surface area contributed by atoms with Crippen molar-refractivity contribution >= 4 is 39.8 Å². The molecule has 0 radical (unpaired) electrons. The van der Waals surface area contributed by atoms with E-state index in [0.717, 1.165) is 12.4 Å². The molecule has 20 heavy (non-hydrogen) atoms. The molecule has 2 N–H and O–H groups in total. The average molecular weight is 419 g/mol. The SMILES string of the molecule is CN=C(NCCCS(C)(=O)=O)NC(C)CCC(C)C.I. The molecule has 7 heteroatoms. The molecule has 1 atom stereocenters. The standard InChI is InChI=1S/C13H29N3O2S.HI/c1-11(2)7-8-12(3)16-13(14-4)15-9-6-10-19(5,17)18;/h11-12H,6-10H2,1-5H3,(H2,14,15,16);1H. The monoisotopic (exact) mass is 419 g/mol. The first-order valence-corrected chi connectivity index (χ1v) is 8.95. The maximum atomic E-state index is 11.0. The average Bonchev–Trinajstić information content (AvgIpc) is 2.29. The summed E-state index contributed by atoms with van der Waals surface area (Å²) in [6, 6.07) is 0.364. The molecule has 122 valence electrons. The van der Waals surface area contributed by atoms with Crippen LogP contribution in [0.2, 0.25) is 0 Å². The number of sulfone groups is 1. The molecule has 0 saturated heterocycles. The van der Waals surface area contributed by atoms with E-state index in [9.17, 15) is 8.42 Å². The molecule has 0 fully saturated rings. The van der Waals surface area contributed by atoms with Crippen LogP contribution in [-0.4, -0.2) is 46.0 Å². The Balaban J connectivity index is 0. The molecule has 0 aromatic rings. The molecule has 0 amide bonds. The molecule has 1 unspecified atom stereocenters. The van der Waals surface area contributed by atoms with Gasteiger partial charge in [0, 0.05) is 25.9 Å². The summed E-state index contributed by atoms with van der Waals surface area (Å²) in [5, 5.41) is 6.44. The highest BCUT2D eigenvalue weighted by Gasteiger charge is 2.06. The van der Waals surface area contributed by atoms with Gasteiger partial charge in [-0.3, -0.25) is 4.99 Å². The van der Waals surface area contributed by atoms with E-state index in [4.69, 9.17) is 0 Å². The van der Waals surface area contributed by atoms with Crippen molar-refractivity contribution in [2.45, 2.75) is 46.1 Å². The Morgan fingerprint density at radius 2 is 1.80 bits per heavy atom. The van der Waals surface area contributed by atoms with Gasteiger partial charge in [0.15, 0.2) is 5.96 Å². The van der Waals surface area contributed by atoms with Crippen LogP contribution in [0.5, 0.6) is 0 Å². The van der Waals surface area contributed by atoms with Crippen LogP contribution in [0.1, 0.15) is 40.0 Å². The van der Waals surface area contributed by atoms with Crippen LogP contribution in [0.4, 0.5) is 0 Å². The van der Waals surface area contributed by atoms with E-state index in [1.165, 1.54) is 12.7 Å². The summed E-state index contributed by atoms with van der Waals surface area (Å²) in [7, 11) is -1.15.